The van der Waals surface area contributed by atoms with Crippen LogP contribution in [-0.4, -0.2) is 25.1 Å². The highest BCUT2D eigenvalue weighted by Gasteiger charge is 2.09. The lowest BCUT2D eigenvalue weighted by molar-refractivity contribution is -0.114. The standard InChI is InChI=1S/C21H20N2O3S/c1-14(24)22-16-10-8-15(9-11-16)6-4-5-7-21-23-17-12-18(25-2)19(26-3)13-20(17)27-21/h4-13H,1-3H3,(H,22,24). The first-order chi connectivity index (χ1) is 13.1. The molecule has 0 saturated carbocycles. The molecule has 3 rings (SSSR count). The Labute approximate surface area is 162 Å². The summed E-state index contributed by atoms with van der Waals surface area (Å²) in [5.74, 6) is 1.30. The number of benzene rings is 2. The average Bonchev–Trinajstić information content (AvgIpc) is 3.06. The quantitative estimate of drug-likeness (QED) is 0.612. The summed E-state index contributed by atoms with van der Waals surface area (Å²) in [4.78, 5) is 15.6. The van der Waals surface area contributed by atoms with Crippen LogP contribution in [0.4, 0.5) is 5.69 Å². The van der Waals surface area contributed by atoms with E-state index in [4.69, 9.17) is 9.47 Å². The molecule has 0 unspecified atom stereocenters. The van der Waals surface area contributed by atoms with E-state index in [1.165, 1.54) is 6.92 Å². The van der Waals surface area contributed by atoms with Crippen molar-refractivity contribution < 1.29 is 14.3 Å². The minimum atomic E-state index is -0.0766. The van der Waals surface area contributed by atoms with Crippen molar-refractivity contribution in [2.24, 2.45) is 0 Å². The highest BCUT2D eigenvalue weighted by Crippen LogP contribution is 2.34. The van der Waals surface area contributed by atoms with E-state index in [0.717, 1.165) is 26.5 Å². The molecule has 0 aliphatic rings. The zero-order valence-electron chi connectivity index (χ0n) is 15.4. The Morgan fingerprint density at radius 3 is 2.37 bits per heavy atom. The number of methoxy groups -OCH3 is 2. The van der Waals surface area contributed by atoms with Crippen molar-refractivity contribution in [1.82, 2.24) is 4.98 Å². The molecule has 0 bridgehead atoms. The van der Waals surface area contributed by atoms with Gasteiger partial charge >= 0.3 is 0 Å². The average molecular weight is 380 g/mol. The van der Waals surface area contributed by atoms with Gasteiger partial charge in [-0.2, -0.15) is 0 Å². The van der Waals surface area contributed by atoms with E-state index < -0.39 is 0 Å². The predicted molar refractivity (Wildman–Crippen MR) is 112 cm³/mol. The highest BCUT2D eigenvalue weighted by molar-refractivity contribution is 7.19. The molecule has 1 heterocycles. The number of rotatable bonds is 6. The van der Waals surface area contributed by atoms with Gasteiger partial charge < -0.3 is 14.8 Å². The normalized spacial score (nSPS) is 11.4. The lowest BCUT2D eigenvalue weighted by Crippen LogP contribution is -2.05. The number of allylic oxidation sites excluding steroid dienone is 2. The van der Waals surface area contributed by atoms with Gasteiger partial charge in [0.25, 0.3) is 0 Å². The molecule has 0 atom stereocenters. The van der Waals surface area contributed by atoms with Crippen LogP contribution in [0.15, 0.2) is 48.6 Å². The van der Waals surface area contributed by atoms with Crippen LogP contribution in [0.25, 0.3) is 22.4 Å². The highest BCUT2D eigenvalue weighted by atomic mass is 32.1. The summed E-state index contributed by atoms with van der Waals surface area (Å²) in [6, 6.07) is 11.5. The fourth-order valence-corrected chi connectivity index (χ4v) is 3.42. The third-order valence-corrected chi connectivity index (χ3v) is 4.76. The first-order valence-corrected chi connectivity index (χ1v) is 9.15. The Morgan fingerprint density at radius 2 is 1.70 bits per heavy atom. The molecule has 27 heavy (non-hydrogen) atoms. The molecule has 1 aromatic heterocycles. The van der Waals surface area contributed by atoms with Gasteiger partial charge in [0.05, 0.1) is 24.4 Å². The lowest BCUT2D eigenvalue weighted by Gasteiger charge is -2.05. The van der Waals surface area contributed by atoms with Crippen LogP contribution in [0.5, 0.6) is 11.5 Å². The van der Waals surface area contributed by atoms with E-state index in [0.29, 0.717) is 11.5 Å². The minimum absolute atomic E-state index is 0.0766. The van der Waals surface area contributed by atoms with E-state index in [1.54, 1.807) is 25.6 Å². The number of anilines is 1. The first-order valence-electron chi connectivity index (χ1n) is 8.34. The van der Waals surface area contributed by atoms with Gasteiger partial charge in [-0.15, -0.1) is 11.3 Å². The zero-order chi connectivity index (χ0) is 19.2. The molecule has 1 amide bonds. The Bertz CT molecular complexity index is 963. The molecule has 0 radical (unpaired) electrons. The molecular weight excluding hydrogens is 360 g/mol. The van der Waals surface area contributed by atoms with Gasteiger partial charge in [-0.3, -0.25) is 4.79 Å². The number of nitrogens with one attached hydrogen (secondary N) is 1. The van der Waals surface area contributed by atoms with Gasteiger partial charge in [-0.25, -0.2) is 4.98 Å². The van der Waals surface area contributed by atoms with E-state index in [9.17, 15) is 4.79 Å². The summed E-state index contributed by atoms with van der Waals surface area (Å²) in [5, 5.41) is 3.66. The molecule has 2 aromatic carbocycles. The lowest BCUT2D eigenvalue weighted by atomic mass is 10.2. The second-order valence-electron chi connectivity index (χ2n) is 5.75. The number of hydrogen-bond acceptors (Lipinski definition) is 5. The van der Waals surface area contributed by atoms with Crippen LogP contribution in [0, 0.1) is 0 Å². The molecule has 138 valence electrons. The summed E-state index contributed by atoms with van der Waals surface area (Å²) in [6.07, 6.45) is 7.87. The van der Waals surface area contributed by atoms with Crippen LogP contribution in [0.3, 0.4) is 0 Å². The Hall–Kier alpha value is -3.12. The third-order valence-electron chi connectivity index (χ3n) is 3.78. The number of aromatic nitrogens is 1. The van der Waals surface area contributed by atoms with Crippen LogP contribution in [-0.2, 0) is 4.79 Å². The van der Waals surface area contributed by atoms with Crippen molar-refractivity contribution >= 4 is 45.3 Å². The first kappa shape index (κ1) is 18.7. The van der Waals surface area contributed by atoms with E-state index >= 15 is 0 Å². The number of amides is 1. The number of nitrogens with zero attached hydrogens (tertiary/aromatic N) is 1. The molecule has 6 heteroatoms. The second kappa shape index (κ2) is 8.51. The van der Waals surface area contributed by atoms with E-state index in [-0.39, 0.29) is 5.91 Å². The van der Waals surface area contributed by atoms with Gasteiger partial charge in [0, 0.05) is 24.7 Å². The molecule has 0 saturated heterocycles. The predicted octanol–water partition coefficient (Wildman–Crippen LogP) is 5.00. The van der Waals surface area contributed by atoms with Gasteiger partial charge in [-0.1, -0.05) is 30.4 Å². The van der Waals surface area contributed by atoms with Gasteiger partial charge in [0.1, 0.15) is 5.01 Å². The third kappa shape index (κ3) is 4.74. The number of carbonyl (C=O) groups is 1. The van der Waals surface area contributed by atoms with Crippen molar-refractivity contribution in [3.05, 3.63) is 59.1 Å². The number of hydrogen-bond donors (Lipinski definition) is 1. The molecule has 0 fully saturated rings. The molecule has 0 spiro atoms. The largest absolute Gasteiger partial charge is 0.493 e. The van der Waals surface area contributed by atoms with Gasteiger partial charge in [-0.05, 0) is 23.8 Å². The Morgan fingerprint density at radius 1 is 1.04 bits per heavy atom. The summed E-state index contributed by atoms with van der Waals surface area (Å²) in [5.41, 5.74) is 2.72. The van der Waals surface area contributed by atoms with Gasteiger partial charge in [0.15, 0.2) is 11.5 Å². The second-order valence-corrected chi connectivity index (χ2v) is 6.81. The molecule has 0 aliphatic heterocycles. The van der Waals surface area contributed by atoms with E-state index in [1.807, 2.05) is 60.7 Å². The topological polar surface area (TPSA) is 60.5 Å². The maximum absolute atomic E-state index is 11.0. The molecule has 0 aliphatic carbocycles. The van der Waals surface area contributed by atoms with Crippen LogP contribution in [0.1, 0.15) is 17.5 Å². The summed E-state index contributed by atoms with van der Waals surface area (Å²) in [7, 11) is 3.24. The molecular formula is C21H20N2O3S. The molecule has 5 nitrogen and oxygen atoms in total. The summed E-state index contributed by atoms with van der Waals surface area (Å²) in [6.45, 7) is 1.49. The maximum atomic E-state index is 11.0. The van der Waals surface area contributed by atoms with Crippen molar-refractivity contribution in [2.75, 3.05) is 19.5 Å². The van der Waals surface area contributed by atoms with Gasteiger partial charge in [0.2, 0.25) is 5.91 Å². The SMILES string of the molecule is COc1cc2nc(C=CC=Cc3ccc(NC(C)=O)cc3)sc2cc1OC. The molecule has 3 aromatic rings. The number of ether oxygens (including phenoxy) is 2. The fourth-order valence-electron chi connectivity index (χ4n) is 2.53. The number of carbonyl (C=O) groups excluding carboxylic acids is 1. The van der Waals surface area contributed by atoms with E-state index in [2.05, 4.69) is 10.3 Å². The minimum Gasteiger partial charge on any atom is -0.493 e. The van der Waals surface area contributed by atoms with Crippen molar-refractivity contribution in [3.63, 3.8) is 0 Å². The number of thiazole rings is 1. The summed E-state index contributed by atoms with van der Waals surface area (Å²) < 4.78 is 11.7. The van der Waals surface area contributed by atoms with Crippen molar-refractivity contribution in [2.45, 2.75) is 6.92 Å². The Balaban J connectivity index is 1.70. The molecule has 1 N–H and O–H groups in total. The van der Waals surface area contributed by atoms with Crippen molar-refractivity contribution in [1.29, 1.82) is 0 Å². The summed E-state index contributed by atoms with van der Waals surface area (Å²) >= 11 is 1.59. The van der Waals surface area contributed by atoms with Crippen molar-refractivity contribution in [3.8, 4) is 11.5 Å². The fraction of sp³-hybridized carbons (Fsp3) is 0.143. The Kier molecular flexibility index (Phi) is 5.88. The zero-order valence-corrected chi connectivity index (χ0v) is 16.2. The van der Waals surface area contributed by atoms with Crippen LogP contribution in [0.2, 0.25) is 0 Å². The van der Waals surface area contributed by atoms with Crippen LogP contribution < -0.4 is 14.8 Å². The maximum Gasteiger partial charge on any atom is 0.221 e. The number of fused-ring (bicyclic) bond motifs is 1. The monoisotopic (exact) mass is 380 g/mol. The smallest absolute Gasteiger partial charge is 0.221 e. The van der Waals surface area contributed by atoms with Crippen LogP contribution >= 0.6 is 11.3 Å².